The van der Waals surface area contributed by atoms with Gasteiger partial charge in [-0.2, -0.15) is 0 Å². The quantitative estimate of drug-likeness (QED) is 0.453. The summed E-state index contributed by atoms with van der Waals surface area (Å²) in [6.07, 6.45) is -0.746. The van der Waals surface area contributed by atoms with Crippen LogP contribution in [-0.4, -0.2) is 31.4 Å². The highest BCUT2D eigenvalue weighted by Crippen LogP contribution is 2.16. The maximum Gasteiger partial charge on any atom is 0.167 e. The lowest BCUT2D eigenvalue weighted by Crippen LogP contribution is -2.33. The van der Waals surface area contributed by atoms with Gasteiger partial charge in [0.25, 0.3) is 0 Å². The second-order valence-electron chi connectivity index (χ2n) is 4.24. The van der Waals surface area contributed by atoms with Crippen molar-refractivity contribution < 1.29 is 29.3 Å². The summed E-state index contributed by atoms with van der Waals surface area (Å²) in [5.41, 5.74) is -0.775. The molecule has 0 heterocycles. The monoisotopic (exact) mass is 290 g/mol. The molecule has 0 bridgehead atoms. The van der Waals surface area contributed by atoms with Gasteiger partial charge in [-0.25, -0.2) is 0 Å². The molecule has 0 amide bonds. The Balaban J connectivity index is 3.07. The van der Waals surface area contributed by atoms with Crippen LogP contribution in [0.1, 0.15) is 23.2 Å². The van der Waals surface area contributed by atoms with Gasteiger partial charge in [-0.1, -0.05) is 30.3 Å². The Kier molecular flexibility index (Phi) is 6.29. The molecule has 0 spiro atoms. The Bertz CT molecular complexity index is 559. The van der Waals surface area contributed by atoms with Crippen LogP contribution in [0.15, 0.2) is 41.5 Å². The van der Waals surface area contributed by atoms with E-state index in [1.54, 1.807) is 18.2 Å². The fourth-order valence-electron chi connectivity index (χ4n) is 1.77. The largest absolute Gasteiger partial charge is 0.545 e. The van der Waals surface area contributed by atoms with Gasteiger partial charge in [0.2, 0.25) is 0 Å². The van der Waals surface area contributed by atoms with Crippen LogP contribution in [0.5, 0.6) is 0 Å². The first-order chi connectivity index (χ1) is 9.97. The number of carboxylic acid groups (broad SMARTS) is 2. The third kappa shape index (κ3) is 4.85. The second-order valence-corrected chi connectivity index (χ2v) is 4.24. The molecule has 0 radical (unpaired) electrons. The number of carbonyl (C=O) groups excluding carboxylic acids is 3. The first-order valence-electron chi connectivity index (χ1n) is 6.19. The molecule has 0 N–H and O–H groups in total. The predicted octanol–water partition coefficient (Wildman–Crippen LogP) is -0.908. The number of carbonyl (C=O) groups is 3. The maximum atomic E-state index is 12.0. The minimum atomic E-state index is -1.70. The molecule has 0 aliphatic carbocycles. The van der Waals surface area contributed by atoms with Crippen LogP contribution in [0.25, 0.3) is 0 Å². The molecule has 21 heavy (non-hydrogen) atoms. The summed E-state index contributed by atoms with van der Waals surface area (Å²) in [6, 6.07) is 7.99. The molecule has 112 valence electrons. The van der Waals surface area contributed by atoms with E-state index in [4.69, 9.17) is 4.74 Å². The lowest BCUT2D eigenvalue weighted by molar-refractivity contribution is -0.304. The second kappa shape index (κ2) is 7.96. The van der Waals surface area contributed by atoms with E-state index in [0.717, 1.165) is 0 Å². The molecular formula is C15H14O6-2. The van der Waals surface area contributed by atoms with E-state index >= 15 is 0 Å². The third-order valence-corrected chi connectivity index (χ3v) is 2.85. The Labute approximate surface area is 121 Å². The lowest BCUT2D eigenvalue weighted by Gasteiger charge is -2.16. The number of carboxylic acids is 2. The average Bonchev–Trinajstić information content (AvgIpc) is 2.46. The Morgan fingerprint density at radius 1 is 1.00 bits per heavy atom. The molecule has 0 fully saturated rings. The summed E-state index contributed by atoms with van der Waals surface area (Å²) in [6.45, 7) is -0.000376. The van der Waals surface area contributed by atoms with Gasteiger partial charge in [0.1, 0.15) is 0 Å². The number of benzene rings is 1. The fraction of sp³-hybridized carbons (Fsp3) is 0.267. The van der Waals surface area contributed by atoms with Gasteiger partial charge >= 0.3 is 0 Å². The summed E-state index contributed by atoms with van der Waals surface area (Å²) < 4.78 is 4.72. The summed E-state index contributed by atoms with van der Waals surface area (Å²) in [7, 11) is 1.35. The van der Waals surface area contributed by atoms with E-state index in [-0.39, 0.29) is 13.0 Å². The van der Waals surface area contributed by atoms with Crippen LogP contribution >= 0.6 is 0 Å². The zero-order chi connectivity index (χ0) is 15.8. The number of hydrogen-bond acceptors (Lipinski definition) is 6. The van der Waals surface area contributed by atoms with E-state index in [1.165, 1.54) is 19.2 Å². The Morgan fingerprint density at radius 3 is 2.05 bits per heavy atom. The summed E-state index contributed by atoms with van der Waals surface area (Å²) >= 11 is 0. The van der Waals surface area contributed by atoms with E-state index < -0.39 is 35.3 Å². The fourth-order valence-corrected chi connectivity index (χ4v) is 1.77. The Hall–Kier alpha value is -2.47. The molecule has 0 saturated carbocycles. The number of ether oxygens (including phenoxy) is 1. The molecule has 0 aromatic heterocycles. The van der Waals surface area contributed by atoms with Crippen molar-refractivity contribution in [3.8, 4) is 0 Å². The molecule has 0 saturated heterocycles. The zero-order valence-electron chi connectivity index (χ0n) is 11.5. The van der Waals surface area contributed by atoms with Crippen LogP contribution in [0.4, 0.5) is 0 Å². The van der Waals surface area contributed by atoms with Crippen molar-refractivity contribution in [2.24, 2.45) is 0 Å². The first kappa shape index (κ1) is 16.6. The molecular weight excluding hydrogens is 276 g/mol. The van der Waals surface area contributed by atoms with Gasteiger partial charge in [0, 0.05) is 19.1 Å². The van der Waals surface area contributed by atoms with Crippen molar-refractivity contribution in [3.05, 3.63) is 47.0 Å². The van der Waals surface area contributed by atoms with E-state index in [1.807, 2.05) is 0 Å². The lowest BCUT2D eigenvalue weighted by atomic mass is 9.97. The normalized spacial score (nSPS) is 11.7. The van der Waals surface area contributed by atoms with Crippen molar-refractivity contribution in [2.45, 2.75) is 12.8 Å². The molecule has 0 unspecified atom stereocenters. The summed E-state index contributed by atoms with van der Waals surface area (Å²) in [5.74, 6) is -3.85. The van der Waals surface area contributed by atoms with E-state index in [0.29, 0.717) is 5.56 Å². The van der Waals surface area contributed by atoms with Crippen LogP contribution in [0.2, 0.25) is 0 Å². The van der Waals surface area contributed by atoms with E-state index in [9.17, 15) is 24.6 Å². The Morgan fingerprint density at radius 2 is 1.57 bits per heavy atom. The van der Waals surface area contributed by atoms with Crippen LogP contribution in [0, 0.1) is 0 Å². The molecule has 6 heteroatoms. The number of Topliss-reactive ketones (excluding diaryl/α,β-unsaturated/α-hetero) is 1. The number of hydrogen-bond donors (Lipinski definition) is 0. The van der Waals surface area contributed by atoms with Crippen LogP contribution < -0.4 is 10.2 Å². The molecule has 1 aromatic carbocycles. The standard InChI is InChI=1S/C15H16O6/c1-21-8-7-11(14(17)18)12(15(19)20)9-13(16)10-5-3-2-4-6-10/h2-6H,7-9H2,1H3,(H,17,18)(H,19,20)/p-2/b12-11+. The van der Waals surface area contributed by atoms with Gasteiger partial charge in [-0.15, -0.1) is 0 Å². The number of methoxy groups -OCH3 is 1. The molecule has 0 aliphatic rings. The molecule has 6 nitrogen and oxygen atoms in total. The van der Waals surface area contributed by atoms with Crippen molar-refractivity contribution in [1.29, 1.82) is 0 Å². The third-order valence-electron chi connectivity index (χ3n) is 2.85. The minimum Gasteiger partial charge on any atom is -0.545 e. The van der Waals surface area contributed by atoms with Crippen molar-refractivity contribution in [1.82, 2.24) is 0 Å². The van der Waals surface area contributed by atoms with Crippen LogP contribution in [0.3, 0.4) is 0 Å². The topological polar surface area (TPSA) is 107 Å². The predicted molar refractivity (Wildman–Crippen MR) is 68.9 cm³/mol. The number of aliphatic carboxylic acids is 2. The molecule has 1 rings (SSSR count). The molecule has 1 aromatic rings. The maximum absolute atomic E-state index is 12.0. The summed E-state index contributed by atoms with van der Waals surface area (Å²) in [5, 5.41) is 22.2. The minimum absolute atomic E-state index is 0.000376. The molecule has 0 atom stereocenters. The average molecular weight is 290 g/mol. The highest BCUT2D eigenvalue weighted by molar-refractivity contribution is 6.06. The highest BCUT2D eigenvalue weighted by Gasteiger charge is 2.15. The van der Waals surface area contributed by atoms with Crippen molar-refractivity contribution >= 4 is 17.7 Å². The number of rotatable bonds is 8. The smallest absolute Gasteiger partial charge is 0.167 e. The zero-order valence-corrected chi connectivity index (χ0v) is 11.5. The van der Waals surface area contributed by atoms with Gasteiger partial charge < -0.3 is 24.5 Å². The van der Waals surface area contributed by atoms with E-state index in [2.05, 4.69) is 0 Å². The van der Waals surface area contributed by atoms with Gasteiger partial charge in [-0.3, -0.25) is 4.79 Å². The van der Waals surface area contributed by atoms with Crippen molar-refractivity contribution in [2.75, 3.05) is 13.7 Å². The van der Waals surface area contributed by atoms with Gasteiger partial charge in [-0.05, 0) is 17.6 Å². The molecule has 0 aliphatic heterocycles. The SMILES string of the molecule is COCC/C(C(=O)[O-])=C(/CC(=O)c1ccccc1)C(=O)[O-]. The van der Waals surface area contributed by atoms with Gasteiger partial charge in [0.05, 0.1) is 18.5 Å². The van der Waals surface area contributed by atoms with Gasteiger partial charge in [0.15, 0.2) is 5.78 Å². The van der Waals surface area contributed by atoms with Crippen molar-refractivity contribution in [3.63, 3.8) is 0 Å². The first-order valence-corrected chi connectivity index (χ1v) is 6.19. The summed E-state index contributed by atoms with van der Waals surface area (Å²) in [4.78, 5) is 34.2. The van der Waals surface area contributed by atoms with Crippen LogP contribution in [-0.2, 0) is 14.3 Å². The number of ketones is 1. The highest BCUT2D eigenvalue weighted by atomic mass is 16.5.